The highest BCUT2D eigenvalue weighted by atomic mass is 32.1. The number of carbonyl (C=O) groups is 1. The Balaban J connectivity index is 1.67. The van der Waals surface area contributed by atoms with Crippen molar-refractivity contribution in [3.05, 3.63) is 29.3 Å². The first-order chi connectivity index (χ1) is 9.16. The van der Waals surface area contributed by atoms with E-state index >= 15 is 0 Å². The van der Waals surface area contributed by atoms with Crippen molar-refractivity contribution in [3.8, 4) is 0 Å². The van der Waals surface area contributed by atoms with Gasteiger partial charge in [0.05, 0.1) is 20.6 Å². The standard InChI is InChI=1S/C15H15NO2S/c17-14(18)15(6-9-5-10(9)7-15)8-13-16-11-3-1-2-4-12(11)19-13/h1-4,9-10H,5-8H2,(H,17,18). The van der Waals surface area contributed by atoms with E-state index in [0.29, 0.717) is 18.3 Å². The number of para-hydroxylation sites is 1. The van der Waals surface area contributed by atoms with Crippen molar-refractivity contribution >= 4 is 27.5 Å². The van der Waals surface area contributed by atoms with Gasteiger partial charge in [-0.1, -0.05) is 12.1 Å². The number of benzene rings is 1. The van der Waals surface area contributed by atoms with E-state index in [1.807, 2.05) is 18.2 Å². The Morgan fingerprint density at radius 1 is 1.37 bits per heavy atom. The Kier molecular flexibility index (Phi) is 2.28. The topological polar surface area (TPSA) is 50.2 Å². The van der Waals surface area contributed by atoms with Crippen molar-refractivity contribution in [3.63, 3.8) is 0 Å². The van der Waals surface area contributed by atoms with Gasteiger partial charge < -0.3 is 5.11 Å². The molecule has 0 aliphatic heterocycles. The van der Waals surface area contributed by atoms with Gasteiger partial charge in [-0.25, -0.2) is 4.98 Å². The molecule has 1 heterocycles. The molecule has 2 aromatic rings. The molecule has 4 heteroatoms. The minimum Gasteiger partial charge on any atom is -0.481 e. The normalized spacial score (nSPS) is 32.4. The lowest BCUT2D eigenvalue weighted by atomic mass is 9.80. The van der Waals surface area contributed by atoms with Crippen LogP contribution in [0.15, 0.2) is 24.3 Å². The molecule has 2 saturated carbocycles. The summed E-state index contributed by atoms with van der Waals surface area (Å²) in [7, 11) is 0. The van der Waals surface area contributed by atoms with Crippen LogP contribution in [0, 0.1) is 17.3 Å². The molecule has 2 fully saturated rings. The Bertz CT molecular complexity index is 620. The van der Waals surface area contributed by atoms with Gasteiger partial charge in [0, 0.05) is 6.42 Å². The van der Waals surface area contributed by atoms with E-state index in [4.69, 9.17) is 0 Å². The SMILES string of the molecule is O=C(O)C1(Cc2nc3ccccc3s2)CC2CC2C1. The quantitative estimate of drug-likeness (QED) is 0.933. The average molecular weight is 273 g/mol. The Morgan fingerprint density at radius 3 is 2.79 bits per heavy atom. The molecular formula is C15H15NO2S. The van der Waals surface area contributed by atoms with Crippen LogP contribution in [0.4, 0.5) is 0 Å². The molecule has 2 atom stereocenters. The molecule has 0 amide bonds. The fourth-order valence-electron chi connectivity index (χ4n) is 3.58. The lowest BCUT2D eigenvalue weighted by Crippen LogP contribution is -2.31. The van der Waals surface area contributed by atoms with Gasteiger partial charge in [-0.05, 0) is 43.2 Å². The van der Waals surface area contributed by atoms with Crippen LogP contribution in [0.5, 0.6) is 0 Å². The molecule has 3 nitrogen and oxygen atoms in total. The van der Waals surface area contributed by atoms with Gasteiger partial charge >= 0.3 is 5.97 Å². The van der Waals surface area contributed by atoms with Crippen LogP contribution in [0.1, 0.15) is 24.3 Å². The number of aliphatic carboxylic acids is 1. The smallest absolute Gasteiger partial charge is 0.310 e. The summed E-state index contributed by atoms with van der Waals surface area (Å²) in [6.07, 6.45) is 3.55. The third-order valence-electron chi connectivity index (χ3n) is 4.66. The zero-order valence-electron chi connectivity index (χ0n) is 10.5. The number of hydrogen-bond acceptors (Lipinski definition) is 3. The van der Waals surface area contributed by atoms with E-state index in [1.165, 1.54) is 6.42 Å². The Labute approximate surface area is 115 Å². The highest BCUT2D eigenvalue weighted by Crippen LogP contribution is 2.61. The number of rotatable bonds is 3. The zero-order chi connectivity index (χ0) is 13.0. The van der Waals surface area contributed by atoms with Gasteiger partial charge in [0.25, 0.3) is 0 Å². The zero-order valence-corrected chi connectivity index (χ0v) is 11.3. The number of thiazole rings is 1. The van der Waals surface area contributed by atoms with E-state index in [0.717, 1.165) is 28.1 Å². The minimum atomic E-state index is -0.626. The van der Waals surface area contributed by atoms with Crippen molar-refractivity contribution in [2.45, 2.75) is 25.7 Å². The summed E-state index contributed by atoms with van der Waals surface area (Å²) >= 11 is 1.64. The maximum Gasteiger partial charge on any atom is 0.310 e. The second-order valence-corrected chi connectivity index (χ2v) is 7.12. The summed E-state index contributed by atoms with van der Waals surface area (Å²) < 4.78 is 1.15. The van der Waals surface area contributed by atoms with Crippen LogP contribution >= 0.6 is 11.3 Å². The Morgan fingerprint density at radius 2 is 2.11 bits per heavy atom. The van der Waals surface area contributed by atoms with E-state index in [-0.39, 0.29) is 0 Å². The third-order valence-corrected chi connectivity index (χ3v) is 5.69. The molecule has 2 unspecified atom stereocenters. The van der Waals surface area contributed by atoms with Crippen molar-refractivity contribution in [1.29, 1.82) is 0 Å². The maximum atomic E-state index is 11.7. The molecule has 0 saturated heterocycles. The van der Waals surface area contributed by atoms with Gasteiger partial charge in [0.15, 0.2) is 0 Å². The number of aromatic nitrogens is 1. The van der Waals surface area contributed by atoms with Crippen LogP contribution in [-0.4, -0.2) is 16.1 Å². The molecule has 4 rings (SSSR count). The lowest BCUT2D eigenvalue weighted by Gasteiger charge is -2.24. The summed E-state index contributed by atoms with van der Waals surface area (Å²) in [6, 6.07) is 8.02. The first-order valence-electron chi connectivity index (χ1n) is 6.74. The van der Waals surface area contributed by atoms with Gasteiger partial charge in [-0.15, -0.1) is 11.3 Å². The molecule has 0 bridgehead atoms. The second-order valence-electron chi connectivity index (χ2n) is 6.00. The Hall–Kier alpha value is -1.42. The molecule has 98 valence electrons. The summed E-state index contributed by atoms with van der Waals surface area (Å²) in [5, 5.41) is 10.6. The van der Waals surface area contributed by atoms with Crippen molar-refractivity contribution < 1.29 is 9.90 Å². The number of carboxylic acids is 1. The third kappa shape index (κ3) is 1.77. The maximum absolute atomic E-state index is 11.7. The van der Waals surface area contributed by atoms with Crippen molar-refractivity contribution in [1.82, 2.24) is 4.98 Å². The second kappa shape index (κ2) is 3.79. The van der Waals surface area contributed by atoms with Crippen LogP contribution in [0.2, 0.25) is 0 Å². The molecule has 0 radical (unpaired) electrons. The fourth-order valence-corrected chi connectivity index (χ4v) is 4.69. The number of fused-ring (bicyclic) bond motifs is 2. The highest BCUT2D eigenvalue weighted by molar-refractivity contribution is 7.18. The highest BCUT2D eigenvalue weighted by Gasteiger charge is 2.57. The van der Waals surface area contributed by atoms with Crippen LogP contribution in [0.25, 0.3) is 10.2 Å². The van der Waals surface area contributed by atoms with Crippen molar-refractivity contribution in [2.24, 2.45) is 17.3 Å². The summed E-state index contributed by atoms with van der Waals surface area (Å²) in [5.41, 5.74) is 0.452. The molecule has 2 aliphatic carbocycles. The number of carboxylic acid groups (broad SMARTS) is 1. The average Bonchev–Trinajstić information content (AvgIpc) is 2.85. The van der Waals surface area contributed by atoms with Crippen LogP contribution < -0.4 is 0 Å². The van der Waals surface area contributed by atoms with E-state index in [9.17, 15) is 9.90 Å². The fraction of sp³-hybridized carbons (Fsp3) is 0.467. The van der Waals surface area contributed by atoms with Gasteiger partial charge in [-0.2, -0.15) is 0 Å². The van der Waals surface area contributed by atoms with Gasteiger partial charge in [-0.3, -0.25) is 4.79 Å². The first kappa shape index (κ1) is 11.4. The molecule has 1 aromatic heterocycles. The van der Waals surface area contributed by atoms with Gasteiger partial charge in [0.1, 0.15) is 0 Å². The molecule has 1 aromatic carbocycles. The van der Waals surface area contributed by atoms with E-state index < -0.39 is 11.4 Å². The monoisotopic (exact) mass is 273 g/mol. The summed E-state index contributed by atoms with van der Waals surface area (Å²) in [4.78, 5) is 16.3. The number of nitrogens with zero attached hydrogens (tertiary/aromatic N) is 1. The molecule has 19 heavy (non-hydrogen) atoms. The number of hydrogen-bond donors (Lipinski definition) is 1. The molecular weight excluding hydrogens is 258 g/mol. The predicted octanol–water partition coefficient (Wildman–Crippen LogP) is 3.34. The van der Waals surface area contributed by atoms with Gasteiger partial charge in [0.2, 0.25) is 0 Å². The van der Waals surface area contributed by atoms with Crippen molar-refractivity contribution in [2.75, 3.05) is 0 Å². The first-order valence-corrected chi connectivity index (χ1v) is 7.56. The molecule has 2 aliphatic rings. The van der Waals surface area contributed by atoms with Crippen LogP contribution in [-0.2, 0) is 11.2 Å². The summed E-state index contributed by atoms with van der Waals surface area (Å²) in [6.45, 7) is 0. The predicted molar refractivity (Wildman–Crippen MR) is 74.2 cm³/mol. The molecule has 1 N–H and O–H groups in total. The van der Waals surface area contributed by atoms with E-state index in [2.05, 4.69) is 11.1 Å². The van der Waals surface area contributed by atoms with E-state index in [1.54, 1.807) is 11.3 Å². The minimum absolute atomic E-state index is 0.540. The largest absolute Gasteiger partial charge is 0.481 e. The molecule has 0 spiro atoms. The van der Waals surface area contributed by atoms with Crippen LogP contribution in [0.3, 0.4) is 0 Å². The summed E-state index contributed by atoms with van der Waals surface area (Å²) in [5.74, 6) is 0.718. The lowest BCUT2D eigenvalue weighted by molar-refractivity contribution is -0.149.